The molecule has 0 amide bonds. The van der Waals surface area contributed by atoms with Crippen molar-refractivity contribution >= 4 is 5.96 Å². The zero-order valence-electron chi connectivity index (χ0n) is 16.7. The first-order chi connectivity index (χ1) is 13.8. The van der Waals surface area contributed by atoms with E-state index in [1.54, 1.807) is 0 Å². The van der Waals surface area contributed by atoms with Crippen molar-refractivity contribution in [3.63, 3.8) is 0 Å². The largest absolute Gasteiger partial charge is 0.401 e. The van der Waals surface area contributed by atoms with Crippen LogP contribution in [0.5, 0.6) is 0 Å². The van der Waals surface area contributed by atoms with Gasteiger partial charge in [0.2, 0.25) is 0 Å². The Hall–Kier alpha value is -1.90. The van der Waals surface area contributed by atoms with Crippen LogP contribution in [0.4, 0.5) is 22.0 Å². The lowest BCUT2D eigenvalue weighted by molar-refractivity contribution is -0.148. The van der Waals surface area contributed by atoms with Crippen LogP contribution in [0.25, 0.3) is 0 Å². The fourth-order valence-electron chi connectivity index (χ4n) is 3.44. The predicted octanol–water partition coefficient (Wildman–Crippen LogP) is 3.73. The highest BCUT2D eigenvalue weighted by molar-refractivity contribution is 5.79. The van der Waals surface area contributed by atoms with Crippen LogP contribution in [-0.2, 0) is 6.42 Å². The van der Waals surface area contributed by atoms with E-state index in [0.717, 1.165) is 31.4 Å². The highest BCUT2D eigenvalue weighted by Crippen LogP contribution is 2.24. The van der Waals surface area contributed by atoms with Crippen LogP contribution in [0, 0.1) is 17.6 Å². The third kappa shape index (κ3) is 8.97. The molecule has 0 aliphatic carbocycles. The molecule has 1 aromatic rings. The van der Waals surface area contributed by atoms with Crippen LogP contribution in [0.3, 0.4) is 0 Å². The Balaban J connectivity index is 1.73. The molecular weight excluding hydrogens is 391 g/mol. The summed E-state index contributed by atoms with van der Waals surface area (Å²) in [6.45, 7) is 3.65. The summed E-state index contributed by atoms with van der Waals surface area (Å²) >= 11 is 0. The Labute approximate surface area is 168 Å². The fraction of sp³-hybridized carbons (Fsp3) is 0.650. The average Bonchev–Trinajstić information content (AvgIpc) is 2.65. The van der Waals surface area contributed by atoms with Gasteiger partial charge in [-0.3, -0.25) is 9.89 Å². The molecule has 0 unspecified atom stereocenters. The van der Waals surface area contributed by atoms with E-state index in [-0.39, 0.29) is 0 Å². The minimum atomic E-state index is -4.14. The monoisotopic (exact) mass is 420 g/mol. The van der Waals surface area contributed by atoms with Crippen molar-refractivity contribution in [3.05, 3.63) is 35.4 Å². The van der Waals surface area contributed by atoms with Gasteiger partial charge in [0.05, 0.1) is 6.54 Å². The van der Waals surface area contributed by atoms with E-state index >= 15 is 0 Å². The van der Waals surface area contributed by atoms with Crippen LogP contribution >= 0.6 is 0 Å². The summed E-state index contributed by atoms with van der Waals surface area (Å²) in [7, 11) is 0. The number of halogens is 5. The number of nitrogens with one attached hydrogen (secondary N) is 2. The first-order valence-electron chi connectivity index (χ1n) is 10.0. The lowest BCUT2D eigenvalue weighted by Crippen LogP contribution is -2.40. The third-order valence-corrected chi connectivity index (χ3v) is 4.96. The molecule has 0 bridgehead atoms. The van der Waals surface area contributed by atoms with E-state index in [1.165, 1.54) is 11.0 Å². The maximum Gasteiger partial charge on any atom is 0.401 e. The Bertz CT molecular complexity index is 655. The SMILES string of the molecule is CCNC(=NCCC1CCN(CC(F)(F)F)CC1)NCCc1cc(F)ccc1F. The zero-order chi connectivity index (χ0) is 21.3. The van der Waals surface area contributed by atoms with E-state index in [0.29, 0.717) is 56.6 Å². The summed E-state index contributed by atoms with van der Waals surface area (Å²) in [6.07, 6.45) is -1.51. The van der Waals surface area contributed by atoms with E-state index in [9.17, 15) is 22.0 Å². The summed E-state index contributed by atoms with van der Waals surface area (Å²) in [6, 6.07) is 3.39. The number of guanidine groups is 1. The zero-order valence-corrected chi connectivity index (χ0v) is 16.7. The molecule has 29 heavy (non-hydrogen) atoms. The number of benzene rings is 1. The summed E-state index contributed by atoms with van der Waals surface area (Å²) in [5, 5.41) is 6.21. The van der Waals surface area contributed by atoms with Crippen molar-refractivity contribution in [3.8, 4) is 0 Å². The van der Waals surface area contributed by atoms with E-state index < -0.39 is 24.4 Å². The predicted molar refractivity (Wildman–Crippen MR) is 104 cm³/mol. The van der Waals surface area contributed by atoms with Gasteiger partial charge in [0.15, 0.2) is 5.96 Å². The molecule has 0 radical (unpaired) electrons. The topological polar surface area (TPSA) is 39.7 Å². The highest BCUT2D eigenvalue weighted by atomic mass is 19.4. The lowest BCUT2D eigenvalue weighted by Gasteiger charge is -2.32. The van der Waals surface area contributed by atoms with E-state index in [4.69, 9.17) is 0 Å². The Morgan fingerprint density at radius 1 is 1.17 bits per heavy atom. The summed E-state index contributed by atoms with van der Waals surface area (Å²) in [5.74, 6) is 0.0570. The second kappa shape index (κ2) is 11.3. The van der Waals surface area contributed by atoms with Crippen LogP contribution in [0.15, 0.2) is 23.2 Å². The van der Waals surface area contributed by atoms with Crippen molar-refractivity contribution in [2.75, 3.05) is 39.3 Å². The normalized spacial score (nSPS) is 16.8. The maximum atomic E-state index is 13.7. The van der Waals surface area contributed by atoms with Crippen molar-refractivity contribution in [2.45, 2.75) is 38.8 Å². The van der Waals surface area contributed by atoms with E-state index in [1.807, 2.05) is 6.92 Å². The first-order valence-corrected chi connectivity index (χ1v) is 10.0. The van der Waals surface area contributed by atoms with Crippen LogP contribution < -0.4 is 10.6 Å². The molecular formula is C20H29F5N4. The Kier molecular flexibility index (Phi) is 9.13. The molecule has 1 aromatic carbocycles. The molecule has 1 aliphatic heterocycles. The molecule has 164 valence electrons. The summed E-state index contributed by atoms with van der Waals surface area (Å²) < 4.78 is 64.2. The number of alkyl halides is 3. The molecule has 9 heteroatoms. The molecule has 1 saturated heterocycles. The van der Waals surface area contributed by atoms with Crippen LogP contribution in [-0.4, -0.2) is 56.3 Å². The number of aliphatic imine (C=N–C) groups is 1. The summed E-state index contributed by atoms with van der Waals surface area (Å²) in [4.78, 5) is 5.95. The van der Waals surface area contributed by atoms with Gasteiger partial charge in [0.25, 0.3) is 0 Å². The number of hydrogen-bond acceptors (Lipinski definition) is 2. The van der Waals surface area contributed by atoms with Gasteiger partial charge in [-0.25, -0.2) is 8.78 Å². The Morgan fingerprint density at radius 3 is 2.55 bits per heavy atom. The molecule has 0 aromatic heterocycles. The molecule has 2 N–H and O–H groups in total. The quantitative estimate of drug-likeness (QED) is 0.383. The maximum absolute atomic E-state index is 13.7. The molecule has 0 spiro atoms. The van der Waals surface area contributed by atoms with Gasteiger partial charge in [-0.15, -0.1) is 0 Å². The molecule has 1 aliphatic rings. The first kappa shape index (κ1) is 23.4. The van der Waals surface area contributed by atoms with Gasteiger partial charge in [-0.1, -0.05) is 0 Å². The van der Waals surface area contributed by atoms with Crippen molar-refractivity contribution in [1.82, 2.24) is 15.5 Å². The minimum Gasteiger partial charge on any atom is -0.357 e. The molecule has 0 saturated carbocycles. The highest BCUT2D eigenvalue weighted by Gasteiger charge is 2.32. The van der Waals surface area contributed by atoms with Gasteiger partial charge in [0.1, 0.15) is 11.6 Å². The summed E-state index contributed by atoms with van der Waals surface area (Å²) in [5.41, 5.74) is 0.305. The lowest BCUT2D eigenvalue weighted by atomic mass is 9.93. The van der Waals surface area contributed by atoms with Gasteiger partial charge in [-0.05, 0) is 75.4 Å². The van der Waals surface area contributed by atoms with E-state index in [2.05, 4.69) is 15.6 Å². The second-order valence-electron chi connectivity index (χ2n) is 7.30. The molecule has 2 rings (SSSR count). The molecule has 1 heterocycles. The number of nitrogens with zero attached hydrogens (tertiary/aromatic N) is 2. The van der Waals surface area contributed by atoms with Gasteiger partial charge < -0.3 is 10.6 Å². The number of rotatable bonds is 8. The number of piperidine rings is 1. The third-order valence-electron chi connectivity index (χ3n) is 4.96. The van der Waals surface area contributed by atoms with Gasteiger partial charge in [-0.2, -0.15) is 13.2 Å². The number of likely N-dealkylation sites (tertiary alicyclic amines) is 1. The van der Waals surface area contributed by atoms with Gasteiger partial charge >= 0.3 is 6.18 Å². The molecule has 4 nitrogen and oxygen atoms in total. The molecule has 0 atom stereocenters. The Morgan fingerprint density at radius 2 is 1.90 bits per heavy atom. The smallest absolute Gasteiger partial charge is 0.357 e. The number of hydrogen-bond donors (Lipinski definition) is 2. The standard InChI is InChI=1S/C20H29F5N4/c1-2-26-19(28-10-6-16-13-17(21)3-4-18(16)22)27-9-5-15-7-11-29(12-8-15)14-20(23,24)25/h3-4,13,15H,2,5-12,14H2,1H3,(H2,26,27,28). The van der Waals surface area contributed by atoms with Crippen molar-refractivity contribution in [1.29, 1.82) is 0 Å². The van der Waals surface area contributed by atoms with Crippen molar-refractivity contribution in [2.24, 2.45) is 10.9 Å². The van der Waals surface area contributed by atoms with Crippen LogP contribution in [0.2, 0.25) is 0 Å². The minimum absolute atomic E-state index is 0.305. The molecule has 1 fully saturated rings. The second-order valence-corrected chi connectivity index (χ2v) is 7.30. The fourth-order valence-corrected chi connectivity index (χ4v) is 3.44. The van der Waals surface area contributed by atoms with Crippen molar-refractivity contribution < 1.29 is 22.0 Å². The van der Waals surface area contributed by atoms with Crippen LogP contribution in [0.1, 0.15) is 31.7 Å². The average molecular weight is 420 g/mol. The van der Waals surface area contributed by atoms with Gasteiger partial charge in [0, 0.05) is 19.6 Å².